The van der Waals surface area contributed by atoms with Crippen molar-refractivity contribution in [1.82, 2.24) is 0 Å². The van der Waals surface area contributed by atoms with Crippen molar-refractivity contribution < 1.29 is 4.79 Å². The Kier molecular flexibility index (Phi) is 3.20. The molecule has 0 saturated carbocycles. The quantitative estimate of drug-likeness (QED) is 0.761. The zero-order valence-corrected chi connectivity index (χ0v) is 8.56. The van der Waals surface area contributed by atoms with Crippen LogP contribution < -0.4 is 0 Å². The summed E-state index contributed by atoms with van der Waals surface area (Å²) in [5.41, 5.74) is 1.03. The lowest BCUT2D eigenvalue weighted by molar-refractivity contribution is -0.111. The maximum Gasteiger partial charge on any atom is 0.177 e. The molecule has 72 valence electrons. The molecule has 0 aliphatic rings. The number of carbonyl (C=O) groups excluding carboxylic acids is 1. The van der Waals surface area contributed by atoms with Crippen molar-refractivity contribution in [3.8, 4) is 0 Å². The molecule has 0 atom stereocenters. The van der Waals surface area contributed by atoms with Crippen molar-refractivity contribution >= 4 is 28.7 Å². The van der Waals surface area contributed by atoms with E-state index in [0.717, 1.165) is 0 Å². The molecule has 0 heterocycles. The summed E-state index contributed by atoms with van der Waals surface area (Å²) < 4.78 is 0. The molecule has 0 bridgehead atoms. The van der Waals surface area contributed by atoms with Gasteiger partial charge >= 0.3 is 0 Å². The maximum atomic E-state index is 10.9. The van der Waals surface area contributed by atoms with E-state index in [4.69, 9.17) is 17.0 Å². The number of hydrogen-bond acceptors (Lipinski definition) is 2. The second-order valence-corrected chi connectivity index (χ2v) is 3.36. The van der Waals surface area contributed by atoms with E-state index in [9.17, 15) is 4.79 Å². The van der Waals surface area contributed by atoms with Crippen LogP contribution in [0.3, 0.4) is 0 Å². The predicted octanol–water partition coefficient (Wildman–Crippen LogP) is 2.96. The van der Waals surface area contributed by atoms with Gasteiger partial charge in [0.25, 0.3) is 0 Å². The third kappa shape index (κ3) is 2.30. The molecule has 0 fully saturated rings. The third-order valence-corrected chi connectivity index (χ3v) is 2.06. The lowest BCUT2D eigenvalue weighted by Crippen LogP contribution is -2.09. The molecule has 0 radical (unpaired) electrons. The summed E-state index contributed by atoms with van der Waals surface area (Å²) in [5.74, 6) is -0.296. The van der Waals surface area contributed by atoms with Crippen molar-refractivity contribution in [3.63, 3.8) is 0 Å². The largest absolute Gasteiger partial charge is 0.297 e. The Morgan fingerprint density at radius 2 is 2.14 bits per heavy atom. The number of Topliss-reactive ketones (excluding diaryl/α,β-unsaturated/α-hetero) is 1. The van der Waals surface area contributed by atoms with Crippen molar-refractivity contribution in [1.29, 1.82) is 5.41 Å². The summed E-state index contributed by atoms with van der Waals surface area (Å²) in [7, 11) is 0. The zero-order chi connectivity index (χ0) is 10.7. The minimum Gasteiger partial charge on any atom is -0.297 e. The van der Waals surface area contributed by atoms with E-state index < -0.39 is 0 Å². The Morgan fingerprint density at radius 1 is 1.50 bits per heavy atom. The lowest BCUT2D eigenvalue weighted by Gasteiger charge is -2.04. The lowest BCUT2D eigenvalue weighted by atomic mass is 10.0. The molecule has 14 heavy (non-hydrogen) atoms. The topological polar surface area (TPSA) is 40.9 Å². The summed E-state index contributed by atoms with van der Waals surface area (Å²) in [6, 6.07) is 6.94. The predicted molar refractivity (Wildman–Crippen MR) is 58.9 cm³/mol. The number of hydrogen-bond donors (Lipinski definition) is 1. The van der Waals surface area contributed by atoms with Gasteiger partial charge in [0.1, 0.15) is 5.71 Å². The SMILES string of the molecule is C=C(C(=N)C(C)=O)c1cccc(Cl)c1. The van der Waals surface area contributed by atoms with Crippen LogP contribution in [-0.2, 0) is 4.79 Å². The molecule has 2 nitrogen and oxygen atoms in total. The van der Waals surface area contributed by atoms with Crippen LogP contribution in [0.4, 0.5) is 0 Å². The molecule has 1 aromatic rings. The first-order valence-corrected chi connectivity index (χ1v) is 4.45. The van der Waals surface area contributed by atoms with E-state index in [2.05, 4.69) is 6.58 Å². The summed E-state index contributed by atoms with van der Waals surface area (Å²) >= 11 is 5.78. The van der Waals surface area contributed by atoms with Crippen LogP contribution in [0.25, 0.3) is 5.57 Å². The van der Waals surface area contributed by atoms with Gasteiger partial charge < -0.3 is 0 Å². The van der Waals surface area contributed by atoms with Crippen LogP contribution in [0.2, 0.25) is 5.02 Å². The van der Waals surface area contributed by atoms with Gasteiger partial charge in [-0.2, -0.15) is 0 Å². The van der Waals surface area contributed by atoms with E-state index in [1.165, 1.54) is 6.92 Å². The summed E-state index contributed by atoms with van der Waals surface area (Å²) in [4.78, 5) is 10.9. The zero-order valence-electron chi connectivity index (χ0n) is 7.80. The second kappa shape index (κ2) is 4.20. The molecule has 1 aromatic carbocycles. The smallest absolute Gasteiger partial charge is 0.177 e. The number of ketones is 1. The first-order valence-electron chi connectivity index (χ1n) is 4.07. The van der Waals surface area contributed by atoms with Crippen molar-refractivity contribution in [3.05, 3.63) is 41.4 Å². The van der Waals surface area contributed by atoms with Crippen LogP contribution in [-0.4, -0.2) is 11.5 Å². The van der Waals surface area contributed by atoms with Crippen molar-refractivity contribution in [2.24, 2.45) is 0 Å². The van der Waals surface area contributed by atoms with E-state index in [1.54, 1.807) is 24.3 Å². The molecule has 0 aliphatic heterocycles. The number of allylic oxidation sites excluding steroid dienone is 1. The van der Waals surface area contributed by atoms with Gasteiger partial charge in [-0.1, -0.05) is 30.3 Å². The molecule has 0 unspecified atom stereocenters. The van der Waals surface area contributed by atoms with Gasteiger partial charge in [0.15, 0.2) is 5.78 Å². The van der Waals surface area contributed by atoms with Crippen molar-refractivity contribution in [2.45, 2.75) is 6.92 Å². The van der Waals surface area contributed by atoms with Crippen LogP contribution in [0.1, 0.15) is 12.5 Å². The van der Waals surface area contributed by atoms with Crippen molar-refractivity contribution in [2.75, 3.05) is 0 Å². The second-order valence-electron chi connectivity index (χ2n) is 2.92. The van der Waals surface area contributed by atoms with Gasteiger partial charge in [-0.3, -0.25) is 10.2 Å². The number of rotatable bonds is 3. The molecular weight excluding hydrogens is 198 g/mol. The molecule has 0 aromatic heterocycles. The number of benzene rings is 1. The number of carbonyl (C=O) groups is 1. The fraction of sp³-hybridized carbons (Fsp3) is 0.0909. The van der Waals surface area contributed by atoms with Gasteiger partial charge in [-0.25, -0.2) is 0 Å². The summed E-state index contributed by atoms with van der Waals surface area (Å²) in [6.45, 7) is 5.03. The highest BCUT2D eigenvalue weighted by molar-refractivity contribution is 6.54. The van der Waals surface area contributed by atoms with E-state index in [-0.39, 0.29) is 11.5 Å². The minimum absolute atomic E-state index is 0.0766. The molecule has 0 aliphatic carbocycles. The monoisotopic (exact) mass is 207 g/mol. The summed E-state index contributed by atoms with van der Waals surface area (Å²) in [6.07, 6.45) is 0. The maximum absolute atomic E-state index is 10.9. The average Bonchev–Trinajstić information content (AvgIpc) is 2.15. The molecule has 1 rings (SSSR count). The van der Waals surface area contributed by atoms with Gasteiger partial charge in [-0.15, -0.1) is 0 Å². The van der Waals surface area contributed by atoms with Gasteiger partial charge in [0.2, 0.25) is 0 Å². The summed E-state index contributed by atoms with van der Waals surface area (Å²) in [5, 5.41) is 8.03. The Hall–Kier alpha value is -1.41. The Bertz CT molecular complexity index is 410. The highest BCUT2D eigenvalue weighted by atomic mass is 35.5. The number of nitrogens with one attached hydrogen (secondary N) is 1. The van der Waals surface area contributed by atoms with E-state index >= 15 is 0 Å². The first kappa shape index (κ1) is 10.7. The molecule has 3 heteroatoms. The highest BCUT2D eigenvalue weighted by Gasteiger charge is 2.09. The third-order valence-electron chi connectivity index (χ3n) is 1.83. The fourth-order valence-corrected chi connectivity index (χ4v) is 1.22. The Morgan fingerprint density at radius 3 is 2.64 bits per heavy atom. The Balaban J connectivity index is 3.01. The first-order chi connectivity index (χ1) is 6.52. The molecular formula is C11H10ClNO. The molecule has 0 spiro atoms. The van der Waals surface area contributed by atoms with Crippen LogP contribution in [0, 0.1) is 5.41 Å². The van der Waals surface area contributed by atoms with Crippen LogP contribution >= 0.6 is 11.6 Å². The van der Waals surface area contributed by atoms with Gasteiger partial charge in [0, 0.05) is 17.5 Å². The van der Waals surface area contributed by atoms with E-state index in [0.29, 0.717) is 16.2 Å². The van der Waals surface area contributed by atoms with E-state index in [1.807, 2.05) is 0 Å². The highest BCUT2D eigenvalue weighted by Crippen LogP contribution is 2.18. The molecule has 0 amide bonds. The van der Waals surface area contributed by atoms with Gasteiger partial charge in [-0.05, 0) is 17.7 Å². The average molecular weight is 208 g/mol. The molecule has 1 N–H and O–H groups in total. The van der Waals surface area contributed by atoms with Gasteiger partial charge in [0.05, 0.1) is 0 Å². The van der Waals surface area contributed by atoms with Crippen LogP contribution in [0.15, 0.2) is 30.8 Å². The Labute approximate surface area is 87.7 Å². The fourth-order valence-electron chi connectivity index (χ4n) is 1.03. The number of halogens is 1. The molecule has 0 saturated heterocycles. The van der Waals surface area contributed by atoms with Crippen LogP contribution in [0.5, 0.6) is 0 Å². The minimum atomic E-state index is -0.296. The normalized spacial score (nSPS) is 9.57. The standard InChI is InChI=1S/C11H10ClNO/c1-7(11(13)8(2)14)9-4-3-5-10(12)6-9/h3-6,13H,1H2,2H3.